The van der Waals surface area contributed by atoms with Gasteiger partial charge in [0.1, 0.15) is 5.75 Å². The molecular weight excluding hydrogens is 257 g/mol. The zero-order chi connectivity index (χ0) is 14.3. The van der Waals surface area contributed by atoms with Gasteiger partial charge in [-0.05, 0) is 17.6 Å². The van der Waals surface area contributed by atoms with E-state index in [-0.39, 0.29) is 16.7 Å². The number of rotatable bonds is 1. The van der Waals surface area contributed by atoms with Crippen LogP contribution in [0, 0.1) is 5.41 Å². The van der Waals surface area contributed by atoms with E-state index in [1.165, 1.54) is 0 Å². The normalized spacial score (nSPS) is 18.4. The molecule has 1 saturated heterocycles. The molecule has 0 saturated carbocycles. The number of pyridine rings is 1. The first-order valence-electron chi connectivity index (χ1n) is 6.54. The summed E-state index contributed by atoms with van der Waals surface area (Å²) in [6.45, 7) is 5.40. The fourth-order valence-corrected chi connectivity index (χ4v) is 2.28. The molecule has 5 nitrogen and oxygen atoms in total. The van der Waals surface area contributed by atoms with Crippen molar-refractivity contribution in [3.8, 4) is 5.75 Å². The molecule has 0 amide bonds. The second-order valence-corrected chi connectivity index (χ2v) is 5.94. The second kappa shape index (κ2) is 4.65. The number of H-pyrrole nitrogens is 1. The Kier molecular flexibility index (Phi) is 3.07. The summed E-state index contributed by atoms with van der Waals surface area (Å²) in [5.74, 6) is -0.0401. The molecule has 6 heteroatoms. The standard InChI is InChI=1S/C14H16BNO4/c1-14(2)7-19-15(20-8-14)9-3-4-11-10(5-9)12(17)6-13(18)16-11/h3-6H,7-8H2,1-2H3,(H2,16,17,18). The number of aromatic hydroxyl groups is 1. The molecule has 20 heavy (non-hydrogen) atoms. The summed E-state index contributed by atoms with van der Waals surface area (Å²) in [5.41, 5.74) is 1.11. The lowest BCUT2D eigenvalue weighted by Gasteiger charge is -2.33. The molecule has 1 fully saturated rings. The first-order valence-corrected chi connectivity index (χ1v) is 6.54. The van der Waals surface area contributed by atoms with E-state index in [0.717, 1.165) is 11.5 Å². The van der Waals surface area contributed by atoms with E-state index in [4.69, 9.17) is 9.31 Å². The van der Waals surface area contributed by atoms with Gasteiger partial charge in [-0.25, -0.2) is 0 Å². The molecule has 2 N–H and O–H groups in total. The van der Waals surface area contributed by atoms with Crippen molar-refractivity contribution >= 4 is 23.5 Å². The van der Waals surface area contributed by atoms with Gasteiger partial charge in [0.2, 0.25) is 0 Å². The van der Waals surface area contributed by atoms with Crippen LogP contribution in [0.15, 0.2) is 29.1 Å². The third kappa shape index (κ3) is 2.44. The summed E-state index contributed by atoms with van der Waals surface area (Å²) in [7, 11) is -0.432. The fourth-order valence-electron chi connectivity index (χ4n) is 2.28. The van der Waals surface area contributed by atoms with Crippen LogP contribution in [0.25, 0.3) is 10.9 Å². The summed E-state index contributed by atoms with van der Waals surface area (Å²) in [4.78, 5) is 14.0. The Balaban J connectivity index is 1.96. The highest BCUT2D eigenvalue weighted by Crippen LogP contribution is 2.23. The number of hydrogen-bond donors (Lipinski definition) is 2. The van der Waals surface area contributed by atoms with E-state index >= 15 is 0 Å². The third-order valence-corrected chi connectivity index (χ3v) is 3.37. The van der Waals surface area contributed by atoms with E-state index in [9.17, 15) is 9.90 Å². The van der Waals surface area contributed by atoms with Crippen molar-refractivity contribution in [2.24, 2.45) is 5.41 Å². The van der Waals surface area contributed by atoms with Gasteiger partial charge in [0.15, 0.2) is 0 Å². The van der Waals surface area contributed by atoms with Gasteiger partial charge in [0.25, 0.3) is 5.56 Å². The highest BCUT2D eigenvalue weighted by molar-refractivity contribution is 6.61. The molecule has 1 aliphatic heterocycles. The molecule has 0 aliphatic carbocycles. The van der Waals surface area contributed by atoms with E-state index in [1.807, 2.05) is 6.07 Å². The summed E-state index contributed by atoms with van der Waals surface area (Å²) in [6, 6.07) is 6.53. The number of nitrogens with one attached hydrogen (secondary N) is 1. The van der Waals surface area contributed by atoms with Crippen LogP contribution < -0.4 is 11.0 Å². The average molecular weight is 273 g/mol. The molecule has 1 aliphatic rings. The predicted octanol–water partition coefficient (Wildman–Crippen LogP) is 1.00. The number of aromatic nitrogens is 1. The van der Waals surface area contributed by atoms with Crippen LogP contribution in [0.3, 0.4) is 0 Å². The summed E-state index contributed by atoms with van der Waals surface area (Å²) in [6.07, 6.45) is 0. The predicted molar refractivity (Wildman–Crippen MR) is 77.3 cm³/mol. The van der Waals surface area contributed by atoms with Gasteiger partial charge in [0.05, 0.1) is 5.52 Å². The smallest absolute Gasteiger partial charge is 0.493 e. The van der Waals surface area contributed by atoms with Gasteiger partial charge in [-0.2, -0.15) is 0 Å². The Labute approximate surface area is 116 Å². The minimum absolute atomic E-state index is 0.0146. The highest BCUT2D eigenvalue weighted by Gasteiger charge is 2.33. The van der Waals surface area contributed by atoms with Crippen LogP contribution in [-0.2, 0) is 9.31 Å². The lowest BCUT2D eigenvalue weighted by atomic mass is 9.75. The van der Waals surface area contributed by atoms with Crippen molar-refractivity contribution in [2.45, 2.75) is 13.8 Å². The lowest BCUT2D eigenvalue weighted by molar-refractivity contribution is 0.0343. The molecule has 2 heterocycles. The third-order valence-electron chi connectivity index (χ3n) is 3.37. The Bertz CT molecular complexity index is 700. The van der Waals surface area contributed by atoms with Gasteiger partial charge in [-0.3, -0.25) is 4.79 Å². The number of hydrogen-bond acceptors (Lipinski definition) is 4. The number of benzene rings is 1. The maximum Gasteiger partial charge on any atom is 0.493 e. The second-order valence-electron chi connectivity index (χ2n) is 5.94. The Morgan fingerprint density at radius 1 is 1.25 bits per heavy atom. The van der Waals surface area contributed by atoms with E-state index in [0.29, 0.717) is 24.1 Å². The number of aromatic amines is 1. The molecular formula is C14H16BNO4. The molecule has 1 aromatic heterocycles. The van der Waals surface area contributed by atoms with Gasteiger partial charge in [-0.1, -0.05) is 19.9 Å². The maximum absolute atomic E-state index is 11.3. The number of fused-ring (bicyclic) bond motifs is 1. The van der Waals surface area contributed by atoms with Crippen molar-refractivity contribution in [3.05, 3.63) is 34.6 Å². The maximum atomic E-state index is 11.3. The molecule has 0 spiro atoms. The van der Waals surface area contributed by atoms with Gasteiger partial charge in [-0.15, -0.1) is 0 Å². The Hall–Kier alpha value is -1.79. The zero-order valence-electron chi connectivity index (χ0n) is 11.5. The van der Waals surface area contributed by atoms with E-state index < -0.39 is 7.12 Å². The lowest BCUT2D eigenvalue weighted by Crippen LogP contribution is -2.47. The van der Waals surface area contributed by atoms with Crippen LogP contribution in [0.4, 0.5) is 0 Å². The quantitative estimate of drug-likeness (QED) is 0.760. The average Bonchev–Trinajstić information content (AvgIpc) is 2.38. The van der Waals surface area contributed by atoms with Gasteiger partial charge < -0.3 is 19.4 Å². The van der Waals surface area contributed by atoms with E-state index in [1.54, 1.807) is 12.1 Å². The SMILES string of the molecule is CC1(C)COB(c2ccc3[nH]c(=O)cc(O)c3c2)OC1. The first-order chi connectivity index (χ1) is 9.44. The van der Waals surface area contributed by atoms with Crippen LogP contribution in [-0.4, -0.2) is 30.4 Å². The molecule has 0 atom stereocenters. The topological polar surface area (TPSA) is 71.6 Å². The Morgan fingerprint density at radius 2 is 1.95 bits per heavy atom. The Morgan fingerprint density at radius 3 is 2.65 bits per heavy atom. The monoisotopic (exact) mass is 273 g/mol. The molecule has 0 unspecified atom stereocenters. The minimum Gasteiger partial charge on any atom is -0.507 e. The summed E-state index contributed by atoms with van der Waals surface area (Å²) < 4.78 is 11.4. The molecule has 1 aromatic carbocycles. The van der Waals surface area contributed by atoms with Crippen molar-refractivity contribution in [3.63, 3.8) is 0 Å². The first kappa shape index (κ1) is 13.2. The van der Waals surface area contributed by atoms with E-state index in [2.05, 4.69) is 18.8 Å². The van der Waals surface area contributed by atoms with Crippen molar-refractivity contribution in [1.82, 2.24) is 4.98 Å². The molecule has 0 radical (unpaired) electrons. The molecule has 3 rings (SSSR count). The van der Waals surface area contributed by atoms with Gasteiger partial charge in [0, 0.05) is 30.1 Å². The van der Waals surface area contributed by atoms with Crippen molar-refractivity contribution in [1.29, 1.82) is 0 Å². The highest BCUT2D eigenvalue weighted by atomic mass is 16.6. The van der Waals surface area contributed by atoms with Gasteiger partial charge >= 0.3 is 7.12 Å². The van der Waals surface area contributed by atoms with Crippen molar-refractivity contribution in [2.75, 3.05) is 13.2 Å². The van der Waals surface area contributed by atoms with Crippen LogP contribution in [0.2, 0.25) is 0 Å². The summed E-state index contributed by atoms with van der Waals surface area (Å²) in [5, 5.41) is 10.4. The largest absolute Gasteiger partial charge is 0.507 e. The fraction of sp³-hybridized carbons (Fsp3) is 0.357. The summed E-state index contributed by atoms with van der Waals surface area (Å²) >= 11 is 0. The minimum atomic E-state index is -0.432. The molecule has 0 bridgehead atoms. The van der Waals surface area contributed by atoms with Crippen LogP contribution >= 0.6 is 0 Å². The molecule has 104 valence electrons. The van der Waals surface area contributed by atoms with Crippen molar-refractivity contribution < 1.29 is 14.4 Å². The van der Waals surface area contributed by atoms with Crippen LogP contribution in [0.5, 0.6) is 5.75 Å². The zero-order valence-corrected chi connectivity index (χ0v) is 11.5. The van der Waals surface area contributed by atoms with Crippen LogP contribution in [0.1, 0.15) is 13.8 Å². The molecule has 2 aromatic rings.